The molecule has 1 aromatic carbocycles. The Kier molecular flexibility index (Phi) is 2.79. The zero-order valence-corrected chi connectivity index (χ0v) is 11.5. The first-order chi connectivity index (χ1) is 8.61. The van der Waals surface area contributed by atoms with Crippen molar-refractivity contribution in [3.63, 3.8) is 0 Å². The van der Waals surface area contributed by atoms with Crippen LogP contribution in [0.2, 0.25) is 0 Å². The molecule has 0 aliphatic heterocycles. The maximum atomic E-state index is 13.4. The van der Waals surface area contributed by atoms with Gasteiger partial charge in [-0.15, -0.1) is 11.3 Å². The van der Waals surface area contributed by atoms with E-state index < -0.39 is 0 Å². The van der Waals surface area contributed by atoms with Crippen molar-refractivity contribution in [3.05, 3.63) is 39.3 Å². The predicted octanol–water partition coefficient (Wildman–Crippen LogP) is 3.09. The van der Waals surface area contributed by atoms with Gasteiger partial charge in [0.05, 0.1) is 21.2 Å². The highest BCUT2D eigenvalue weighted by Gasteiger charge is 2.09. The van der Waals surface area contributed by atoms with Crippen LogP contribution in [0, 0.1) is 5.82 Å². The summed E-state index contributed by atoms with van der Waals surface area (Å²) in [4.78, 5) is 11.6. The lowest BCUT2D eigenvalue weighted by Gasteiger charge is -1.92. The molecular formula is C11H8BrFN4S. The monoisotopic (exact) mass is 326 g/mol. The Morgan fingerprint density at radius 3 is 2.94 bits per heavy atom. The molecule has 0 bridgehead atoms. The van der Waals surface area contributed by atoms with E-state index >= 15 is 0 Å². The van der Waals surface area contributed by atoms with Gasteiger partial charge in [-0.1, -0.05) is 0 Å². The SMILES string of the molecule is Nc1nc(Cc2nc3cc(Br)c(F)cc3[nH]2)cs1. The van der Waals surface area contributed by atoms with Crippen molar-refractivity contribution in [3.8, 4) is 0 Å². The number of anilines is 1. The van der Waals surface area contributed by atoms with Crippen molar-refractivity contribution in [2.45, 2.75) is 6.42 Å². The van der Waals surface area contributed by atoms with Gasteiger partial charge in [0.1, 0.15) is 11.6 Å². The minimum Gasteiger partial charge on any atom is -0.375 e. The van der Waals surface area contributed by atoms with Crippen LogP contribution in [0.1, 0.15) is 11.5 Å². The van der Waals surface area contributed by atoms with E-state index in [9.17, 15) is 4.39 Å². The maximum Gasteiger partial charge on any atom is 0.180 e. The number of hydrogen-bond acceptors (Lipinski definition) is 4. The molecule has 0 fully saturated rings. The summed E-state index contributed by atoms with van der Waals surface area (Å²) < 4.78 is 13.8. The highest BCUT2D eigenvalue weighted by molar-refractivity contribution is 9.10. The van der Waals surface area contributed by atoms with Gasteiger partial charge in [-0.25, -0.2) is 14.4 Å². The summed E-state index contributed by atoms with van der Waals surface area (Å²) in [6.07, 6.45) is 0.557. The molecule has 0 amide bonds. The molecule has 0 atom stereocenters. The summed E-state index contributed by atoms with van der Waals surface area (Å²) in [5, 5.41) is 2.42. The Morgan fingerprint density at radius 2 is 2.22 bits per heavy atom. The van der Waals surface area contributed by atoms with E-state index in [4.69, 9.17) is 5.73 Å². The minimum absolute atomic E-state index is 0.310. The number of H-pyrrole nitrogens is 1. The van der Waals surface area contributed by atoms with Crippen LogP contribution in [0.25, 0.3) is 11.0 Å². The normalized spacial score (nSPS) is 11.2. The zero-order valence-electron chi connectivity index (χ0n) is 9.08. The summed E-state index contributed by atoms with van der Waals surface area (Å²) in [6, 6.07) is 3.07. The molecule has 2 aromatic heterocycles. The lowest BCUT2D eigenvalue weighted by Crippen LogP contribution is -1.91. The molecule has 0 saturated carbocycles. The molecule has 3 aromatic rings. The second kappa shape index (κ2) is 4.33. The van der Waals surface area contributed by atoms with Gasteiger partial charge in [0.15, 0.2) is 5.13 Å². The lowest BCUT2D eigenvalue weighted by molar-refractivity contribution is 0.623. The summed E-state index contributed by atoms with van der Waals surface area (Å²) in [6.45, 7) is 0. The van der Waals surface area contributed by atoms with Crippen molar-refractivity contribution in [2.24, 2.45) is 0 Å². The van der Waals surface area contributed by atoms with Gasteiger partial charge in [0.25, 0.3) is 0 Å². The molecule has 2 heterocycles. The molecule has 3 N–H and O–H groups in total. The van der Waals surface area contributed by atoms with E-state index in [2.05, 4.69) is 30.9 Å². The second-order valence-corrected chi connectivity index (χ2v) is 5.56. The highest BCUT2D eigenvalue weighted by Crippen LogP contribution is 2.22. The Hall–Kier alpha value is -1.47. The number of imidazole rings is 1. The number of thiazole rings is 1. The minimum atomic E-state index is -0.310. The molecule has 4 nitrogen and oxygen atoms in total. The number of fused-ring (bicyclic) bond motifs is 1. The molecule has 3 rings (SSSR count). The van der Waals surface area contributed by atoms with E-state index in [1.807, 2.05) is 5.38 Å². The highest BCUT2D eigenvalue weighted by atomic mass is 79.9. The third-order valence-corrected chi connectivity index (χ3v) is 3.82. The van der Waals surface area contributed by atoms with Gasteiger partial charge >= 0.3 is 0 Å². The van der Waals surface area contributed by atoms with Crippen molar-refractivity contribution in [2.75, 3.05) is 5.73 Å². The predicted molar refractivity (Wildman–Crippen MR) is 73.1 cm³/mol. The topological polar surface area (TPSA) is 67.6 Å². The summed E-state index contributed by atoms with van der Waals surface area (Å²) >= 11 is 4.53. The number of aromatic nitrogens is 3. The molecule has 18 heavy (non-hydrogen) atoms. The maximum absolute atomic E-state index is 13.4. The number of rotatable bonds is 2. The Balaban J connectivity index is 1.98. The molecular weight excluding hydrogens is 319 g/mol. The van der Waals surface area contributed by atoms with Crippen LogP contribution >= 0.6 is 27.3 Å². The Bertz CT molecular complexity index is 682. The number of nitrogens with zero attached hydrogens (tertiary/aromatic N) is 2. The van der Waals surface area contributed by atoms with Gasteiger partial charge in [-0.3, -0.25) is 0 Å². The summed E-state index contributed by atoms with van der Waals surface area (Å²) in [5.41, 5.74) is 7.82. The van der Waals surface area contributed by atoms with Gasteiger partial charge < -0.3 is 10.7 Å². The Labute approximate surface area is 114 Å². The molecule has 0 unspecified atom stereocenters. The number of aromatic amines is 1. The van der Waals surface area contributed by atoms with Gasteiger partial charge in [0.2, 0.25) is 0 Å². The largest absolute Gasteiger partial charge is 0.375 e. The molecule has 92 valence electrons. The van der Waals surface area contributed by atoms with E-state index in [1.165, 1.54) is 17.4 Å². The standard InChI is InChI=1S/C11H8BrFN4S/c12-6-2-8-9(3-7(6)13)17-10(16-8)1-5-4-18-11(14)15-5/h2-4H,1H2,(H2,14,15)(H,16,17). The van der Waals surface area contributed by atoms with E-state index in [1.54, 1.807) is 6.07 Å². The first-order valence-corrected chi connectivity index (χ1v) is 6.82. The van der Waals surface area contributed by atoms with Crippen LogP contribution in [-0.2, 0) is 6.42 Å². The van der Waals surface area contributed by atoms with E-state index in [-0.39, 0.29) is 5.82 Å². The summed E-state index contributed by atoms with van der Waals surface area (Å²) in [7, 11) is 0. The quantitative estimate of drug-likeness (QED) is 0.760. The van der Waals surface area contributed by atoms with Crippen LogP contribution < -0.4 is 5.73 Å². The van der Waals surface area contributed by atoms with Gasteiger partial charge in [-0.05, 0) is 22.0 Å². The smallest absolute Gasteiger partial charge is 0.180 e. The third-order valence-electron chi connectivity index (χ3n) is 2.49. The van der Waals surface area contributed by atoms with E-state index in [0.717, 1.165) is 17.0 Å². The second-order valence-electron chi connectivity index (χ2n) is 3.82. The molecule has 7 heteroatoms. The van der Waals surface area contributed by atoms with Crippen molar-refractivity contribution >= 4 is 43.4 Å². The van der Waals surface area contributed by atoms with Crippen molar-refractivity contribution in [1.29, 1.82) is 0 Å². The average molecular weight is 327 g/mol. The van der Waals surface area contributed by atoms with Crippen molar-refractivity contribution < 1.29 is 4.39 Å². The number of hydrogen-bond donors (Lipinski definition) is 2. The van der Waals surface area contributed by atoms with Crippen LogP contribution in [0.15, 0.2) is 22.0 Å². The Morgan fingerprint density at radius 1 is 1.39 bits per heavy atom. The fourth-order valence-electron chi connectivity index (χ4n) is 1.72. The zero-order chi connectivity index (χ0) is 12.7. The number of nitrogens with one attached hydrogen (secondary N) is 1. The number of benzene rings is 1. The third kappa shape index (κ3) is 2.11. The van der Waals surface area contributed by atoms with E-state index in [0.29, 0.717) is 21.5 Å². The number of nitrogen functional groups attached to an aromatic ring is 1. The van der Waals surface area contributed by atoms with Crippen LogP contribution in [0.5, 0.6) is 0 Å². The fourth-order valence-corrected chi connectivity index (χ4v) is 2.61. The number of nitrogens with two attached hydrogens (primary N) is 1. The average Bonchev–Trinajstić information content (AvgIpc) is 2.86. The van der Waals surface area contributed by atoms with Crippen LogP contribution in [-0.4, -0.2) is 15.0 Å². The molecule has 0 aliphatic carbocycles. The van der Waals surface area contributed by atoms with Crippen LogP contribution in [0.4, 0.5) is 9.52 Å². The van der Waals surface area contributed by atoms with Crippen molar-refractivity contribution in [1.82, 2.24) is 15.0 Å². The molecule has 0 saturated heterocycles. The molecule has 0 aliphatic rings. The van der Waals surface area contributed by atoms with Gasteiger partial charge in [0, 0.05) is 17.9 Å². The molecule has 0 spiro atoms. The van der Waals surface area contributed by atoms with Crippen LogP contribution in [0.3, 0.4) is 0 Å². The summed E-state index contributed by atoms with van der Waals surface area (Å²) in [5.74, 6) is 0.434. The first-order valence-electron chi connectivity index (χ1n) is 5.15. The molecule has 0 radical (unpaired) electrons. The van der Waals surface area contributed by atoms with Gasteiger partial charge in [-0.2, -0.15) is 0 Å². The lowest BCUT2D eigenvalue weighted by atomic mass is 10.3. The first kappa shape index (κ1) is 11.6. The fraction of sp³-hybridized carbons (Fsp3) is 0.0909. The number of halogens is 2.